The van der Waals surface area contributed by atoms with E-state index >= 15 is 0 Å². The minimum absolute atomic E-state index is 0.161. The van der Waals surface area contributed by atoms with Gasteiger partial charge in [0.05, 0.1) is 12.3 Å². The predicted molar refractivity (Wildman–Crippen MR) is 72.8 cm³/mol. The first kappa shape index (κ1) is 14.1. The molecule has 5 nitrogen and oxygen atoms in total. The minimum atomic E-state index is -0.614. The van der Waals surface area contributed by atoms with E-state index in [2.05, 4.69) is 10.4 Å². The summed E-state index contributed by atoms with van der Waals surface area (Å²) in [5, 5.41) is 7.76. The van der Waals surface area contributed by atoms with Crippen molar-refractivity contribution in [3.05, 3.63) is 18.0 Å². The first-order valence-corrected chi connectivity index (χ1v) is 6.98. The molecule has 0 bridgehead atoms. The van der Waals surface area contributed by atoms with Crippen molar-refractivity contribution in [3.8, 4) is 0 Å². The van der Waals surface area contributed by atoms with E-state index in [0.29, 0.717) is 25.6 Å². The zero-order valence-corrected chi connectivity index (χ0v) is 12.0. The lowest BCUT2D eigenvalue weighted by Gasteiger charge is -2.28. The molecule has 1 saturated carbocycles. The molecule has 1 heterocycles. The quantitative estimate of drug-likeness (QED) is 0.762. The van der Waals surface area contributed by atoms with E-state index in [-0.39, 0.29) is 5.97 Å². The molecule has 1 aliphatic carbocycles. The van der Waals surface area contributed by atoms with E-state index in [0.717, 1.165) is 18.5 Å². The van der Waals surface area contributed by atoms with Gasteiger partial charge in [0.2, 0.25) is 0 Å². The van der Waals surface area contributed by atoms with Gasteiger partial charge in [-0.05, 0) is 46.1 Å². The van der Waals surface area contributed by atoms with Crippen LogP contribution in [-0.4, -0.2) is 33.9 Å². The molecule has 1 fully saturated rings. The highest BCUT2D eigenvalue weighted by Crippen LogP contribution is 2.25. The average Bonchev–Trinajstić information content (AvgIpc) is 3.07. The van der Waals surface area contributed by atoms with Crippen LogP contribution in [0.4, 0.5) is 0 Å². The van der Waals surface area contributed by atoms with Crippen molar-refractivity contribution < 1.29 is 9.53 Å². The van der Waals surface area contributed by atoms with Crippen molar-refractivity contribution in [3.63, 3.8) is 0 Å². The smallest absolute Gasteiger partial charge is 0.326 e. The normalized spacial score (nSPS) is 18.1. The van der Waals surface area contributed by atoms with Crippen LogP contribution in [0.5, 0.6) is 0 Å². The number of aromatic nitrogens is 2. The summed E-state index contributed by atoms with van der Waals surface area (Å²) >= 11 is 0. The lowest BCUT2D eigenvalue weighted by atomic mass is 9.97. The number of hydrogen-bond acceptors (Lipinski definition) is 4. The Labute approximate surface area is 114 Å². The van der Waals surface area contributed by atoms with E-state index in [9.17, 15) is 4.79 Å². The summed E-state index contributed by atoms with van der Waals surface area (Å²) in [5.41, 5.74) is 0.379. The molecule has 0 aliphatic heterocycles. The van der Waals surface area contributed by atoms with Gasteiger partial charge < -0.3 is 4.74 Å². The lowest BCUT2D eigenvalue weighted by molar-refractivity contribution is -0.151. The largest absolute Gasteiger partial charge is 0.465 e. The third-order valence-corrected chi connectivity index (χ3v) is 3.44. The van der Waals surface area contributed by atoms with Crippen LogP contribution in [0, 0.1) is 6.92 Å². The second kappa shape index (κ2) is 5.74. The molecule has 1 aliphatic rings. The summed E-state index contributed by atoms with van der Waals surface area (Å²) in [6.07, 6.45) is 4.92. The molecule has 1 N–H and O–H groups in total. The number of carbonyl (C=O) groups is 1. The molecule has 19 heavy (non-hydrogen) atoms. The standard InChI is InChI=1S/C14H23N3O2/c1-4-19-13(18)14(3,15-12-5-6-12)8-10-17-9-7-11(2)16-17/h7,9,12,15H,4-6,8,10H2,1-3H3. The first-order valence-electron chi connectivity index (χ1n) is 6.98. The summed E-state index contributed by atoms with van der Waals surface area (Å²) < 4.78 is 7.07. The van der Waals surface area contributed by atoms with Crippen molar-refractivity contribution in [2.45, 2.75) is 58.2 Å². The summed E-state index contributed by atoms with van der Waals surface area (Å²) in [4.78, 5) is 12.1. The second-order valence-electron chi connectivity index (χ2n) is 5.44. The van der Waals surface area contributed by atoms with Gasteiger partial charge in [-0.25, -0.2) is 0 Å². The lowest BCUT2D eigenvalue weighted by Crippen LogP contribution is -2.52. The van der Waals surface area contributed by atoms with Gasteiger partial charge in [-0.2, -0.15) is 5.10 Å². The van der Waals surface area contributed by atoms with Gasteiger partial charge in [0.1, 0.15) is 5.54 Å². The molecule has 106 valence electrons. The molecule has 1 unspecified atom stereocenters. The van der Waals surface area contributed by atoms with Crippen molar-refractivity contribution >= 4 is 5.97 Å². The Morgan fingerprint density at radius 3 is 2.89 bits per heavy atom. The van der Waals surface area contributed by atoms with Crippen LogP contribution in [0.15, 0.2) is 12.3 Å². The van der Waals surface area contributed by atoms with Gasteiger partial charge in [-0.3, -0.25) is 14.8 Å². The van der Waals surface area contributed by atoms with Gasteiger partial charge in [-0.1, -0.05) is 0 Å². The topological polar surface area (TPSA) is 56.2 Å². The number of esters is 1. The zero-order chi connectivity index (χ0) is 13.9. The number of rotatable bonds is 7. The van der Waals surface area contributed by atoms with E-state index < -0.39 is 5.54 Å². The minimum Gasteiger partial charge on any atom is -0.465 e. The number of ether oxygens (including phenoxy) is 1. The number of nitrogens with zero attached hydrogens (tertiary/aromatic N) is 2. The van der Waals surface area contributed by atoms with E-state index in [1.165, 1.54) is 0 Å². The molecular weight excluding hydrogens is 242 g/mol. The van der Waals surface area contributed by atoms with Crippen LogP contribution in [0.3, 0.4) is 0 Å². The van der Waals surface area contributed by atoms with Crippen molar-refractivity contribution in [2.75, 3.05) is 6.61 Å². The molecule has 5 heteroatoms. The Morgan fingerprint density at radius 2 is 2.37 bits per heavy atom. The van der Waals surface area contributed by atoms with Gasteiger partial charge in [-0.15, -0.1) is 0 Å². The van der Waals surface area contributed by atoms with E-state index in [4.69, 9.17) is 4.74 Å². The van der Waals surface area contributed by atoms with Crippen LogP contribution in [0.2, 0.25) is 0 Å². The maximum Gasteiger partial charge on any atom is 0.326 e. The molecule has 1 aromatic rings. The number of nitrogens with one attached hydrogen (secondary N) is 1. The van der Waals surface area contributed by atoms with E-state index in [1.807, 2.05) is 37.7 Å². The molecular formula is C14H23N3O2. The van der Waals surface area contributed by atoms with Gasteiger partial charge in [0.25, 0.3) is 0 Å². The number of aryl methyl sites for hydroxylation is 2. The molecule has 2 rings (SSSR count). The average molecular weight is 265 g/mol. The fourth-order valence-electron chi connectivity index (χ4n) is 2.13. The Balaban J connectivity index is 1.97. The SMILES string of the molecule is CCOC(=O)C(C)(CCn1ccc(C)n1)NC1CC1. The zero-order valence-electron chi connectivity index (χ0n) is 12.0. The van der Waals surface area contributed by atoms with Crippen molar-refractivity contribution in [1.82, 2.24) is 15.1 Å². The predicted octanol–water partition coefficient (Wildman–Crippen LogP) is 1.66. The number of carbonyl (C=O) groups excluding carboxylic acids is 1. The summed E-state index contributed by atoms with van der Waals surface area (Å²) in [7, 11) is 0. The highest BCUT2D eigenvalue weighted by molar-refractivity contribution is 5.80. The Kier molecular flexibility index (Phi) is 4.24. The molecule has 0 saturated heterocycles. The van der Waals surface area contributed by atoms with Crippen LogP contribution < -0.4 is 5.32 Å². The first-order chi connectivity index (χ1) is 9.03. The summed E-state index contributed by atoms with van der Waals surface area (Å²) in [6.45, 7) is 6.86. The van der Waals surface area contributed by atoms with Gasteiger partial charge >= 0.3 is 5.97 Å². The molecule has 0 amide bonds. The summed E-state index contributed by atoms with van der Waals surface area (Å²) in [5.74, 6) is -0.161. The van der Waals surface area contributed by atoms with Crippen LogP contribution in [0.1, 0.15) is 38.8 Å². The van der Waals surface area contributed by atoms with E-state index in [1.54, 1.807) is 0 Å². The third kappa shape index (κ3) is 3.80. The molecule has 1 aromatic heterocycles. The maximum absolute atomic E-state index is 12.1. The van der Waals surface area contributed by atoms with Gasteiger partial charge in [0.15, 0.2) is 0 Å². The van der Waals surface area contributed by atoms with Crippen LogP contribution >= 0.6 is 0 Å². The fourth-order valence-corrected chi connectivity index (χ4v) is 2.13. The van der Waals surface area contributed by atoms with Crippen LogP contribution in [-0.2, 0) is 16.1 Å². The third-order valence-electron chi connectivity index (χ3n) is 3.44. The second-order valence-corrected chi connectivity index (χ2v) is 5.44. The van der Waals surface area contributed by atoms with Gasteiger partial charge in [0, 0.05) is 18.8 Å². The Morgan fingerprint density at radius 1 is 1.63 bits per heavy atom. The summed E-state index contributed by atoms with van der Waals surface area (Å²) in [6, 6.07) is 2.43. The molecule has 0 radical (unpaired) electrons. The highest BCUT2D eigenvalue weighted by Gasteiger charge is 2.39. The maximum atomic E-state index is 12.1. The number of hydrogen-bond donors (Lipinski definition) is 1. The monoisotopic (exact) mass is 265 g/mol. The molecule has 1 atom stereocenters. The Hall–Kier alpha value is -1.36. The highest BCUT2D eigenvalue weighted by atomic mass is 16.5. The van der Waals surface area contributed by atoms with Crippen molar-refractivity contribution in [2.24, 2.45) is 0 Å². The molecule has 0 spiro atoms. The Bertz CT molecular complexity index is 440. The van der Waals surface area contributed by atoms with Crippen molar-refractivity contribution in [1.29, 1.82) is 0 Å². The molecule has 0 aromatic carbocycles. The van der Waals surface area contributed by atoms with Crippen LogP contribution in [0.25, 0.3) is 0 Å². The fraction of sp³-hybridized carbons (Fsp3) is 0.714.